The maximum absolute atomic E-state index is 12.3. The summed E-state index contributed by atoms with van der Waals surface area (Å²) in [6, 6.07) is 1.74. The predicted molar refractivity (Wildman–Crippen MR) is 65.4 cm³/mol. The zero-order valence-electron chi connectivity index (χ0n) is 9.24. The van der Waals surface area contributed by atoms with Crippen molar-refractivity contribution in [1.29, 1.82) is 0 Å². The van der Waals surface area contributed by atoms with E-state index in [0.29, 0.717) is 15.5 Å². The molecule has 2 heterocycles. The molecule has 0 radical (unpaired) electrons. The summed E-state index contributed by atoms with van der Waals surface area (Å²) in [5.41, 5.74) is 2.27. The number of aromatic nitrogens is 2. The highest BCUT2D eigenvalue weighted by Gasteiger charge is 2.21. The number of halogens is 1. The molecule has 84 valence electrons. The van der Waals surface area contributed by atoms with Crippen molar-refractivity contribution in [1.82, 2.24) is 9.78 Å². The molecule has 0 saturated carbocycles. The molecule has 5 heteroatoms. The van der Waals surface area contributed by atoms with Gasteiger partial charge in [-0.2, -0.15) is 5.10 Å². The first-order valence-corrected chi connectivity index (χ1v) is 6.06. The van der Waals surface area contributed by atoms with Gasteiger partial charge in [0.05, 0.1) is 21.2 Å². The van der Waals surface area contributed by atoms with Crippen molar-refractivity contribution < 1.29 is 4.79 Å². The molecular formula is C11H11ClN2OS. The summed E-state index contributed by atoms with van der Waals surface area (Å²) in [6.45, 7) is 3.72. The van der Waals surface area contributed by atoms with Crippen LogP contribution >= 0.6 is 22.9 Å². The number of rotatable bonds is 2. The van der Waals surface area contributed by atoms with Gasteiger partial charge < -0.3 is 0 Å². The fourth-order valence-corrected chi connectivity index (χ4v) is 2.76. The van der Waals surface area contributed by atoms with E-state index in [2.05, 4.69) is 5.10 Å². The number of carbonyl (C=O) groups is 1. The van der Waals surface area contributed by atoms with Gasteiger partial charge in [-0.3, -0.25) is 9.48 Å². The quantitative estimate of drug-likeness (QED) is 0.773. The van der Waals surface area contributed by atoms with Crippen LogP contribution in [0.5, 0.6) is 0 Å². The van der Waals surface area contributed by atoms with Crippen LogP contribution in [0.3, 0.4) is 0 Å². The van der Waals surface area contributed by atoms with Crippen LogP contribution < -0.4 is 0 Å². The highest BCUT2D eigenvalue weighted by molar-refractivity contribution is 7.13. The van der Waals surface area contributed by atoms with Gasteiger partial charge in [-0.1, -0.05) is 11.6 Å². The first-order valence-electron chi connectivity index (χ1n) is 4.80. The van der Waals surface area contributed by atoms with E-state index in [1.807, 2.05) is 26.3 Å². The largest absolute Gasteiger partial charge is 0.287 e. The molecule has 0 aliphatic heterocycles. The van der Waals surface area contributed by atoms with E-state index in [1.54, 1.807) is 10.7 Å². The van der Waals surface area contributed by atoms with Crippen LogP contribution in [0, 0.1) is 13.8 Å². The van der Waals surface area contributed by atoms with E-state index in [-0.39, 0.29) is 5.78 Å². The standard InChI is InChI=1S/C11H11ClN2OS/c1-6-9(7(2)14(3)13-6)10(15)11-8(12)4-5-16-11/h4-5H,1-3H3. The molecule has 0 fully saturated rings. The maximum Gasteiger partial charge on any atom is 0.208 e. The SMILES string of the molecule is Cc1nn(C)c(C)c1C(=O)c1sccc1Cl. The summed E-state index contributed by atoms with van der Waals surface area (Å²) in [7, 11) is 1.83. The lowest BCUT2D eigenvalue weighted by atomic mass is 10.1. The minimum atomic E-state index is -0.0388. The van der Waals surface area contributed by atoms with Crippen LogP contribution in [0.1, 0.15) is 26.6 Å². The molecule has 3 nitrogen and oxygen atoms in total. The van der Waals surface area contributed by atoms with Crippen molar-refractivity contribution in [3.63, 3.8) is 0 Å². The molecular weight excluding hydrogens is 244 g/mol. The van der Waals surface area contributed by atoms with Crippen molar-refractivity contribution in [2.24, 2.45) is 7.05 Å². The first-order chi connectivity index (χ1) is 7.52. The number of nitrogens with zero attached hydrogens (tertiary/aromatic N) is 2. The van der Waals surface area contributed by atoms with Gasteiger partial charge in [0, 0.05) is 12.7 Å². The van der Waals surface area contributed by atoms with Gasteiger partial charge in [-0.15, -0.1) is 11.3 Å². The predicted octanol–water partition coefficient (Wildman–Crippen LogP) is 2.98. The summed E-state index contributed by atoms with van der Waals surface area (Å²) in [5, 5.41) is 6.56. The van der Waals surface area contributed by atoms with Gasteiger partial charge in [0.15, 0.2) is 0 Å². The Morgan fingerprint density at radius 2 is 2.19 bits per heavy atom. The molecule has 2 aromatic rings. The first kappa shape index (κ1) is 11.4. The monoisotopic (exact) mass is 254 g/mol. The third-order valence-electron chi connectivity index (χ3n) is 2.56. The molecule has 0 spiro atoms. The molecule has 0 saturated heterocycles. The smallest absolute Gasteiger partial charge is 0.208 e. The van der Waals surface area contributed by atoms with Crippen LogP contribution in [0.25, 0.3) is 0 Å². The third kappa shape index (κ3) is 1.68. The van der Waals surface area contributed by atoms with Crippen molar-refractivity contribution in [2.75, 3.05) is 0 Å². The summed E-state index contributed by atoms with van der Waals surface area (Å²) >= 11 is 7.32. The van der Waals surface area contributed by atoms with Gasteiger partial charge in [0.2, 0.25) is 5.78 Å². The van der Waals surface area contributed by atoms with Gasteiger partial charge in [0.1, 0.15) is 0 Å². The molecule has 0 amide bonds. The van der Waals surface area contributed by atoms with Crippen molar-refractivity contribution in [2.45, 2.75) is 13.8 Å². The number of aryl methyl sites for hydroxylation is 2. The minimum absolute atomic E-state index is 0.0388. The second-order valence-corrected chi connectivity index (χ2v) is 4.92. The lowest BCUT2D eigenvalue weighted by Gasteiger charge is -1.99. The van der Waals surface area contributed by atoms with E-state index in [0.717, 1.165) is 11.4 Å². The second-order valence-electron chi connectivity index (χ2n) is 3.60. The summed E-state index contributed by atoms with van der Waals surface area (Å²) in [5.74, 6) is -0.0388. The van der Waals surface area contributed by atoms with E-state index in [9.17, 15) is 4.79 Å². The molecule has 0 atom stereocenters. The molecule has 0 bridgehead atoms. The Morgan fingerprint density at radius 3 is 2.62 bits per heavy atom. The Hall–Kier alpha value is -1.13. The maximum atomic E-state index is 12.3. The summed E-state index contributed by atoms with van der Waals surface area (Å²) in [4.78, 5) is 12.8. The van der Waals surface area contributed by atoms with Crippen LogP contribution in [0.15, 0.2) is 11.4 Å². The van der Waals surface area contributed by atoms with Crippen LogP contribution in [-0.2, 0) is 7.05 Å². The zero-order chi connectivity index (χ0) is 11.9. The average molecular weight is 255 g/mol. The minimum Gasteiger partial charge on any atom is -0.287 e. The van der Waals surface area contributed by atoms with Gasteiger partial charge in [0.25, 0.3) is 0 Å². The Labute approximate surface area is 103 Å². The second kappa shape index (κ2) is 4.03. The molecule has 2 aromatic heterocycles. The molecule has 16 heavy (non-hydrogen) atoms. The molecule has 0 aliphatic carbocycles. The van der Waals surface area contributed by atoms with Gasteiger partial charge in [-0.25, -0.2) is 0 Å². The Bertz CT molecular complexity index is 556. The fourth-order valence-electron chi connectivity index (χ4n) is 1.67. The van der Waals surface area contributed by atoms with Crippen molar-refractivity contribution >= 4 is 28.7 Å². The molecule has 0 aliphatic rings. The van der Waals surface area contributed by atoms with Gasteiger partial charge in [-0.05, 0) is 25.3 Å². The van der Waals surface area contributed by atoms with E-state index >= 15 is 0 Å². The van der Waals surface area contributed by atoms with E-state index in [4.69, 9.17) is 11.6 Å². The van der Waals surface area contributed by atoms with Crippen molar-refractivity contribution in [3.05, 3.63) is 38.3 Å². The number of thiophene rings is 1. The van der Waals surface area contributed by atoms with Crippen LogP contribution in [0.4, 0.5) is 0 Å². The number of ketones is 1. The summed E-state index contributed by atoms with van der Waals surface area (Å²) in [6.07, 6.45) is 0. The normalized spacial score (nSPS) is 10.8. The molecule has 2 rings (SSSR count). The van der Waals surface area contributed by atoms with E-state index < -0.39 is 0 Å². The lowest BCUT2D eigenvalue weighted by molar-refractivity contribution is 0.104. The molecule has 0 N–H and O–H groups in total. The topological polar surface area (TPSA) is 34.9 Å². The molecule has 0 aromatic carbocycles. The summed E-state index contributed by atoms with van der Waals surface area (Å²) < 4.78 is 1.71. The number of hydrogen-bond acceptors (Lipinski definition) is 3. The Kier molecular flexibility index (Phi) is 2.86. The van der Waals surface area contributed by atoms with E-state index in [1.165, 1.54) is 11.3 Å². The highest BCUT2D eigenvalue weighted by Crippen LogP contribution is 2.27. The third-order valence-corrected chi connectivity index (χ3v) is 3.90. The lowest BCUT2D eigenvalue weighted by Crippen LogP contribution is -2.03. The zero-order valence-corrected chi connectivity index (χ0v) is 10.8. The average Bonchev–Trinajstić information content (AvgIpc) is 2.73. The highest BCUT2D eigenvalue weighted by atomic mass is 35.5. The molecule has 0 unspecified atom stereocenters. The van der Waals surface area contributed by atoms with Crippen molar-refractivity contribution in [3.8, 4) is 0 Å². The number of hydrogen-bond donors (Lipinski definition) is 0. The Morgan fingerprint density at radius 1 is 1.50 bits per heavy atom. The van der Waals surface area contributed by atoms with Crippen LogP contribution in [0.2, 0.25) is 5.02 Å². The van der Waals surface area contributed by atoms with Gasteiger partial charge >= 0.3 is 0 Å². The van der Waals surface area contributed by atoms with Crippen LogP contribution in [-0.4, -0.2) is 15.6 Å². The Balaban J connectivity index is 2.54. The fraction of sp³-hybridized carbons (Fsp3) is 0.273. The number of carbonyl (C=O) groups excluding carboxylic acids is 1.